The second kappa shape index (κ2) is 12.9. The maximum Gasteiger partial charge on any atom is 0.530 e. The fourth-order valence-electron chi connectivity index (χ4n) is 4.01. The average molecular weight is 606 g/mol. The summed E-state index contributed by atoms with van der Waals surface area (Å²) in [4.78, 5) is 29.2. The number of aromatic nitrogens is 2. The van der Waals surface area contributed by atoms with Crippen molar-refractivity contribution in [3.63, 3.8) is 0 Å². The molecule has 0 saturated carbocycles. The molecule has 1 saturated heterocycles. The standard InChI is InChI=1S/C25H28N5O9PS/c1-17-8-10-19(11-9-17)39-40(33,36-12-13-41(34,35)20-6-4-3-5-7-20)37-16-22-21(28-29-26)14-23(38-22)30-15-18(2)24(31)27-25(30)32/h3-11,15,21-23H,12-14,16H2,1-2H3,(H,27,31,32)/t21-,22+,23+,40?/m0/s1. The van der Waals surface area contributed by atoms with Crippen molar-refractivity contribution in [1.82, 2.24) is 9.55 Å². The third-order valence-corrected chi connectivity index (χ3v) is 9.29. The molecule has 0 spiro atoms. The number of nitrogens with one attached hydrogen (secondary N) is 1. The Labute approximate surface area is 235 Å². The first-order valence-electron chi connectivity index (χ1n) is 12.4. The van der Waals surface area contributed by atoms with Crippen LogP contribution >= 0.6 is 7.82 Å². The molecule has 0 bridgehead atoms. The Morgan fingerprint density at radius 3 is 2.51 bits per heavy atom. The third-order valence-electron chi connectivity index (χ3n) is 6.20. The van der Waals surface area contributed by atoms with Crippen molar-refractivity contribution < 1.29 is 31.3 Å². The fourth-order valence-corrected chi connectivity index (χ4v) is 6.45. The summed E-state index contributed by atoms with van der Waals surface area (Å²) in [5.74, 6) is -0.351. The van der Waals surface area contributed by atoms with Gasteiger partial charge in [0.15, 0.2) is 9.84 Å². The van der Waals surface area contributed by atoms with E-state index in [0.717, 1.165) is 10.1 Å². The SMILES string of the molecule is Cc1ccc(OP(=O)(OCCS(=O)(=O)c2ccccc2)OC[C@H]2O[C@@H](n3cc(C)c(=O)[nH]c3=O)C[C@@H]2N=[N+]=[N-])cc1. The zero-order chi connectivity index (χ0) is 29.6. The Kier molecular flexibility index (Phi) is 9.49. The highest BCUT2D eigenvalue weighted by atomic mass is 32.2. The summed E-state index contributed by atoms with van der Waals surface area (Å²) in [5, 5.41) is 3.71. The molecule has 1 fully saturated rings. The molecule has 41 heavy (non-hydrogen) atoms. The predicted molar refractivity (Wildman–Crippen MR) is 147 cm³/mol. The van der Waals surface area contributed by atoms with E-state index in [1.54, 1.807) is 42.5 Å². The van der Waals surface area contributed by atoms with E-state index in [9.17, 15) is 22.6 Å². The van der Waals surface area contributed by atoms with Crippen LogP contribution in [-0.2, 0) is 28.2 Å². The van der Waals surface area contributed by atoms with Gasteiger partial charge in [0, 0.05) is 23.1 Å². The van der Waals surface area contributed by atoms with Gasteiger partial charge in [-0.1, -0.05) is 41.0 Å². The zero-order valence-corrected chi connectivity index (χ0v) is 23.9. The van der Waals surface area contributed by atoms with Crippen molar-refractivity contribution in [3.8, 4) is 5.75 Å². The number of aryl methyl sites for hydroxylation is 2. The van der Waals surface area contributed by atoms with E-state index >= 15 is 0 Å². The van der Waals surface area contributed by atoms with Crippen LogP contribution in [-0.4, -0.2) is 49.1 Å². The van der Waals surface area contributed by atoms with Gasteiger partial charge < -0.3 is 9.26 Å². The smallest absolute Gasteiger partial charge is 0.404 e. The molecule has 14 nitrogen and oxygen atoms in total. The van der Waals surface area contributed by atoms with Gasteiger partial charge in [-0.15, -0.1) is 0 Å². The van der Waals surface area contributed by atoms with Crippen molar-refractivity contribution >= 4 is 17.7 Å². The molecule has 16 heteroatoms. The van der Waals surface area contributed by atoms with Crippen LogP contribution in [0.25, 0.3) is 10.4 Å². The lowest BCUT2D eigenvalue weighted by Gasteiger charge is -2.22. The monoisotopic (exact) mass is 605 g/mol. The summed E-state index contributed by atoms with van der Waals surface area (Å²) >= 11 is 0. The molecule has 218 valence electrons. The maximum atomic E-state index is 13.7. The Hall–Kier alpha value is -3.71. The lowest BCUT2D eigenvalue weighted by molar-refractivity contribution is -0.0277. The highest BCUT2D eigenvalue weighted by molar-refractivity contribution is 7.91. The molecule has 2 aromatic carbocycles. The summed E-state index contributed by atoms with van der Waals surface area (Å²) in [6.45, 7) is 2.40. The molecule has 1 aliphatic rings. The number of hydrogen-bond acceptors (Lipinski definition) is 10. The van der Waals surface area contributed by atoms with E-state index in [1.807, 2.05) is 6.92 Å². The van der Waals surface area contributed by atoms with E-state index in [2.05, 4.69) is 15.0 Å². The van der Waals surface area contributed by atoms with Crippen molar-refractivity contribution in [3.05, 3.63) is 103 Å². The van der Waals surface area contributed by atoms with Gasteiger partial charge in [-0.2, -0.15) is 0 Å². The lowest BCUT2D eigenvalue weighted by atomic mass is 10.1. The molecule has 1 unspecified atom stereocenters. The number of hydrogen-bond donors (Lipinski definition) is 1. The van der Waals surface area contributed by atoms with Crippen LogP contribution in [0.1, 0.15) is 23.8 Å². The van der Waals surface area contributed by atoms with Gasteiger partial charge in [0.2, 0.25) is 0 Å². The number of sulfone groups is 1. The van der Waals surface area contributed by atoms with Crippen LogP contribution < -0.4 is 15.8 Å². The highest BCUT2D eigenvalue weighted by Crippen LogP contribution is 2.50. The third kappa shape index (κ3) is 7.73. The van der Waals surface area contributed by atoms with E-state index in [4.69, 9.17) is 23.8 Å². The van der Waals surface area contributed by atoms with Crippen molar-refractivity contribution in [1.29, 1.82) is 0 Å². The van der Waals surface area contributed by atoms with Crippen molar-refractivity contribution in [2.24, 2.45) is 5.11 Å². The minimum absolute atomic E-state index is 0.0583. The fraction of sp³-hybridized carbons (Fsp3) is 0.360. The minimum Gasteiger partial charge on any atom is -0.404 e. The predicted octanol–water partition coefficient (Wildman–Crippen LogP) is 3.81. The van der Waals surface area contributed by atoms with E-state index in [0.29, 0.717) is 0 Å². The van der Waals surface area contributed by atoms with Gasteiger partial charge >= 0.3 is 13.5 Å². The molecule has 4 atom stereocenters. The number of azide groups is 1. The number of rotatable bonds is 12. The topological polar surface area (TPSA) is 192 Å². The summed E-state index contributed by atoms with van der Waals surface area (Å²) in [6, 6.07) is 13.4. The number of H-pyrrole nitrogens is 1. The number of aromatic amines is 1. The Bertz CT molecular complexity index is 1690. The molecule has 0 aliphatic carbocycles. The number of benzene rings is 2. The molecule has 4 rings (SSSR count). The number of ether oxygens (including phenoxy) is 1. The van der Waals surface area contributed by atoms with Crippen LogP contribution in [0.15, 0.2) is 80.4 Å². The molecule has 1 N–H and O–H groups in total. The van der Waals surface area contributed by atoms with Gasteiger partial charge in [-0.3, -0.25) is 23.4 Å². The molecule has 0 radical (unpaired) electrons. The number of nitrogens with zero attached hydrogens (tertiary/aromatic N) is 4. The number of phosphoric acid groups is 1. The van der Waals surface area contributed by atoms with Crippen LogP contribution in [0.5, 0.6) is 5.75 Å². The van der Waals surface area contributed by atoms with Gasteiger partial charge in [-0.05, 0) is 43.6 Å². The largest absolute Gasteiger partial charge is 0.530 e. The van der Waals surface area contributed by atoms with E-state index in [1.165, 1.54) is 25.3 Å². The van der Waals surface area contributed by atoms with Gasteiger partial charge in [0.05, 0.1) is 36.0 Å². The summed E-state index contributed by atoms with van der Waals surface area (Å²) < 4.78 is 62.6. The maximum absolute atomic E-state index is 13.7. The van der Waals surface area contributed by atoms with Crippen LogP contribution in [0, 0.1) is 13.8 Å². The summed E-state index contributed by atoms with van der Waals surface area (Å²) in [6.07, 6.45) is -0.523. The Morgan fingerprint density at radius 1 is 1.12 bits per heavy atom. The Balaban J connectivity index is 1.51. The molecule has 2 heterocycles. The second-order valence-corrected chi connectivity index (χ2v) is 12.9. The molecular formula is C25H28N5O9PS. The normalized spacial score (nSPS) is 20.2. The number of phosphoric ester groups is 1. The minimum atomic E-state index is -4.44. The zero-order valence-electron chi connectivity index (χ0n) is 22.2. The second-order valence-electron chi connectivity index (χ2n) is 9.23. The average Bonchev–Trinajstić information content (AvgIpc) is 3.34. The van der Waals surface area contributed by atoms with E-state index in [-0.39, 0.29) is 22.6 Å². The van der Waals surface area contributed by atoms with Gasteiger partial charge in [0.1, 0.15) is 12.0 Å². The molecule has 3 aromatic rings. The first-order chi connectivity index (χ1) is 19.5. The first kappa shape index (κ1) is 30.3. The Morgan fingerprint density at radius 2 is 1.83 bits per heavy atom. The first-order valence-corrected chi connectivity index (χ1v) is 15.6. The van der Waals surface area contributed by atoms with Crippen LogP contribution in [0.4, 0.5) is 0 Å². The lowest BCUT2D eigenvalue weighted by Crippen LogP contribution is -2.33. The van der Waals surface area contributed by atoms with Crippen LogP contribution in [0.2, 0.25) is 0 Å². The quantitative estimate of drug-likeness (QED) is 0.138. The van der Waals surface area contributed by atoms with E-state index < -0.39 is 66.2 Å². The summed E-state index contributed by atoms with van der Waals surface area (Å²) in [7, 11) is -8.19. The molecule has 0 amide bonds. The molecule has 1 aliphatic heterocycles. The van der Waals surface area contributed by atoms with Crippen LogP contribution in [0.3, 0.4) is 0 Å². The van der Waals surface area contributed by atoms with Crippen molar-refractivity contribution in [2.45, 2.75) is 43.5 Å². The summed E-state index contributed by atoms with van der Waals surface area (Å²) in [5.41, 5.74) is 8.97. The van der Waals surface area contributed by atoms with Gasteiger partial charge in [-0.25, -0.2) is 17.8 Å². The molecule has 1 aromatic heterocycles. The van der Waals surface area contributed by atoms with Gasteiger partial charge in [0.25, 0.3) is 5.56 Å². The highest BCUT2D eigenvalue weighted by Gasteiger charge is 2.39. The molecular weight excluding hydrogens is 577 g/mol. The van der Waals surface area contributed by atoms with Crippen molar-refractivity contribution in [2.75, 3.05) is 19.0 Å².